The highest BCUT2D eigenvalue weighted by Gasteiger charge is 2.14. The highest BCUT2D eigenvalue weighted by atomic mass is 16.3. The molecule has 0 aromatic heterocycles. The van der Waals surface area contributed by atoms with Crippen molar-refractivity contribution in [1.29, 1.82) is 0 Å². The first kappa shape index (κ1) is 13.4. The van der Waals surface area contributed by atoms with E-state index in [1.165, 1.54) is 4.90 Å². The molecule has 0 fully saturated rings. The normalized spacial score (nSPS) is 10.0. The van der Waals surface area contributed by atoms with Crippen LogP contribution in [-0.4, -0.2) is 47.3 Å². The first-order valence-corrected chi connectivity index (χ1v) is 5.46. The van der Waals surface area contributed by atoms with Gasteiger partial charge in [-0.2, -0.15) is 0 Å². The van der Waals surface area contributed by atoms with Crippen molar-refractivity contribution in [2.24, 2.45) is 0 Å². The third kappa shape index (κ3) is 3.69. The summed E-state index contributed by atoms with van der Waals surface area (Å²) in [5, 5.41) is 17.7. The quantitative estimate of drug-likeness (QED) is 0.765. The van der Waals surface area contributed by atoms with Crippen LogP contribution in [0.5, 0.6) is 0 Å². The average molecular weight is 235 g/mol. The molecule has 0 heterocycles. The molecular weight excluding hydrogens is 218 g/mol. The molecule has 2 N–H and O–H groups in total. The van der Waals surface area contributed by atoms with Crippen LogP contribution in [0.1, 0.15) is 15.9 Å². The number of hydrogen-bond acceptors (Lipinski definition) is 3. The molecule has 4 nitrogen and oxygen atoms in total. The summed E-state index contributed by atoms with van der Waals surface area (Å²) in [6, 6.07) is 7.02. The number of carbonyl (C=O) groups is 1. The van der Waals surface area contributed by atoms with Crippen LogP contribution in [0.25, 0.3) is 6.08 Å². The first-order chi connectivity index (χ1) is 8.22. The molecule has 1 rings (SSSR count). The monoisotopic (exact) mass is 235 g/mol. The smallest absolute Gasteiger partial charge is 0.254 e. The fourth-order valence-electron chi connectivity index (χ4n) is 1.50. The Kier molecular flexibility index (Phi) is 5.39. The largest absolute Gasteiger partial charge is 0.395 e. The fourth-order valence-corrected chi connectivity index (χ4v) is 1.50. The second kappa shape index (κ2) is 6.83. The van der Waals surface area contributed by atoms with Gasteiger partial charge in [0.15, 0.2) is 0 Å². The van der Waals surface area contributed by atoms with Crippen LogP contribution in [-0.2, 0) is 0 Å². The highest BCUT2D eigenvalue weighted by molar-refractivity contribution is 5.94. The van der Waals surface area contributed by atoms with Crippen LogP contribution in [0.4, 0.5) is 0 Å². The predicted octanol–water partition coefficient (Wildman–Crippen LogP) is 0.756. The Hall–Kier alpha value is -1.65. The molecular formula is C13H17NO3. The fraction of sp³-hybridized carbons (Fsp3) is 0.308. The van der Waals surface area contributed by atoms with Gasteiger partial charge in [-0.15, -0.1) is 0 Å². The molecule has 0 spiro atoms. The van der Waals surface area contributed by atoms with E-state index in [0.29, 0.717) is 5.56 Å². The molecule has 0 saturated heterocycles. The summed E-state index contributed by atoms with van der Waals surface area (Å²) >= 11 is 0. The van der Waals surface area contributed by atoms with Crippen molar-refractivity contribution in [3.63, 3.8) is 0 Å². The number of amides is 1. The third-order valence-electron chi connectivity index (χ3n) is 2.42. The van der Waals surface area contributed by atoms with Gasteiger partial charge in [-0.25, -0.2) is 0 Å². The Morgan fingerprint density at radius 2 is 1.71 bits per heavy atom. The Labute approximate surface area is 101 Å². The molecule has 0 saturated carbocycles. The lowest BCUT2D eigenvalue weighted by molar-refractivity contribution is 0.0685. The van der Waals surface area contributed by atoms with Crippen molar-refractivity contribution < 1.29 is 15.0 Å². The van der Waals surface area contributed by atoms with Gasteiger partial charge in [0, 0.05) is 18.7 Å². The van der Waals surface area contributed by atoms with E-state index in [9.17, 15) is 4.79 Å². The van der Waals surface area contributed by atoms with E-state index in [2.05, 4.69) is 6.58 Å². The van der Waals surface area contributed by atoms with Crippen molar-refractivity contribution in [3.05, 3.63) is 42.0 Å². The SMILES string of the molecule is C=Cc1ccc(C(=O)N(CCO)CCO)cc1. The summed E-state index contributed by atoms with van der Waals surface area (Å²) in [5.74, 6) is -0.191. The van der Waals surface area contributed by atoms with Gasteiger partial charge in [0.1, 0.15) is 0 Å². The maximum absolute atomic E-state index is 12.0. The van der Waals surface area contributed by atoms with Crippen LogP contribution < -0.4 is 0 Å². The Morgan fingerprint density at radius 1 is 1.18 bits per heavy atom. The van der Waals surface area contributed by atoms with Gasteiger partial charge in [-0.1, -0.05) is 24.8 Å². The van der Waals surface area contributed by atoms with Crippen LogP contribution in [0.2, 0.25) is 0 Å². The van der Waals surface area contributed by atoms with E-state index in [1.807, 2.05) is 0 Å². The van der Waals surface area contributed by atoms with Crippen LogP contribution >= 0.6 is 0 Å². The van der Waals surface area contributed by atoms with Crippen molar-refractivity contribution in [2.45, 2.75) is 0 Å². The van der Waals surface area contributed by atoms with Gasteiger partial charge in [0.2, 0.25) is 0 Å². The molecule has 1 aromatic carbocycles. The lowest BCUT2D eigenvalue weighted by Gasteiger charge is -2.20. The molecule has 0 unspecified atom stereocenters. The summed E-state index contributed by atoms with van der Waals surface area (Å²) in [5.41, 5.74) is 1.48. The van der Waals surface area contributed by atoms with Gasteiger partial charge in [0.25, 0.3) is 5.91 Å². The standard InChI is InChI=1S/C13H17NO3/c1-2-11-3-5-12(6-4-11)13(17)14(7-9-15)8-10-16/h2-6,15-16H,1,7-10H2. The summed E-state index contributed by atoms with van der Waals surface area (Å²) in [4.78, 5) is 13.4. The molecule has 1 amide bonds. The van der Waals surface area contributed by atoms with E-state index < -0.39 is 0 Å². The number of hydrogen-bond donors (Lipinski definition) is 2. The molecule has 0 atom stereocenters. The van der Waals surface area contributed by atoms with Crippen LogP contribution in [0, 0.1) is 0 Å². The first-order valence-electron chi connectivity index (χ1n) is 5.46. The molecule has 0 bridgehead atoms. The van der Waals surface area contributed by atoms with E-state index >= 15 is 0 Å². The third-order valence-corrected chi connectivity index (χ3v) is 2.42. The Balaban J connectivity index is 2.80. The van der Waals surface area contributed by atoms with E-state index in [4.69, 9.17) is 10.2 Å². The lowest BCUT2D eigenvalue weighted by Crippen LogP contribution is -2.35. The average Bonchev–Trinajstić information content (AvgIpc) is 2.38. The molecule has 4 heteroatoms. The maximum atomic E-state index is 12.0. The van der Waals surface area contributed by atoms with Gasteiger partial charge < -0.3 is 15.1 Å². The van der Waals surface area contributed by atoms with Crippen molar-refractivity contribution in [2.75, 3.05) is 26.3 Å². The summed E-state index contributed by atoms with van der Waals surface area (Å²) in [7, 11) is 0. The van der Waals surface area contributed by atoms with E-state index in [1.54, 1.807) is 30.3 Å². The molecule has 92 valence electrons. The molecule has 17 heavy (non-hydrogen) atoms. The molecule has 0 aliphatic carbocycles. The molecule has 0 radical (unpaired) electrons. The number of aliphatic hydroxyl groups excluding tert-OH is 2. The highest BCUT2D eigenvalue weighted by Crippen LogP contribution is 2.08. The number of nitrogens with zero attached hydrogens (tertiary/aromatic N) is 1. The Morgan fingerprint density at radius 3 is 2.12 bits per heavy atom. The lowest BCUT2D eigenvalue weighted by atomic mass is 10.1. The number of carbonyl (C=O) groups excluding carboxylic acids is 1. The number of benzene rings is 1. The minimum Gasteiger partial charge on any atom is -0.395 e. The summed E-state index contributed by atoms with van der Waals surface area (Å²) < 4.78 is 0. The summed E-state index contributed by atoms with van der Waals surface area (Å²) in [6.07, 6.45) is 1.70. The predicted molar refractivity (Wildman–Crippen MR) is 66.6 cm³/mol. The second-order valence-corrected chi connectivity index (χ2v) is 3.57. The van der Waals surface area contributed by atoms with Gasteiger partial charge >= 0.3 is 0 Å². The molecule has 0 aliphatic rings. The van der Waals surface area contributed by atoms with Crippen molar-refractivity contribution in [3.8, 4) is 0 Å². The zero-order valence-corrected chi connectivity index (χ0v) is 9.67. The maximum Gasteiger partial charge on any atom is 0.254 e. The zero-order chi connectivity index (χ0) is 12.7. The zero-order valence-electron chi connectivity index (χ0n) is 9.67. The van der Waals surface area contributed by atoms with Crippen LogP contribution in [0.3, 0.4) is 0 Å². The van der Waals surface area contributed by atoms with Crippen molar-refractivity contribution >= 4 is 12.0 Å². The minimum absolute atomic E-state index is 0.115. The van der Waals surface area contributed by atoms with Crippen molar-refractivity contribution in [1.82, 2.24) is 4.90 Å². The van der Waals surface area contributed by atoms with Gasteiger partial charge in [-0.05, 0) is 17.7 Å². The second-order valence-electron chi connectivity index (χ2n) is 3.57. The topological polar surface area (TPSA) is 60.8 Å². The van der Waals surface area contributed by atoms with Gasteiger partial charge in [-0.3, -0.25) is 4.79 Å². The minimum atomic E-state index is -0.191. The summed E-state index contributed by atoms with van der Waals surface area (Å²) in [6.45, 7) is 3.86. The Bertz CT molecular complexity index is 367. The molecule has 1 aromatic rings. The van der Waals surface area contributed by atoms with Crippen LogP contribution in [0.15, 0.2) is 30.8 Å². The van der Waals surface area contributed by atoms with Gasteiger partial charge in [0.05, 0.1) is 13.2 Å². The van der Waals surface area contributed by atoms with E-state index in [-0.39, 0.29) is 32.2 Å². The van der Waals surface area contributed by atoms with E-state index in [0.717, 1.165) is 5.56 Å². The number of aliphatic hydroxyl groups is 2. The molecule has 0 aliphatic heterocycles. The number of rotatable bonds is 6.